The van der Waals surface area contributed by atoms with E-state index in [9.17, 15) is 0 Å². The predicted octanol–water partition coefficient (Wildman–Crippen LogP) is 2.41. The van der Waals surface area contributed by atoms with Crippen LogP contribution in [0.4, 0.5) is 0 Å². The van der Waals surface area contributed by atoms with Crippen molar-refractivity contribution in [2.45, 2.75) is 46.5 Å². The fraction of sp³-hybridized carbons (Fsp3) is 1.00. The van der Waals surface area contributed by atoms with Crippen LogP contribution < -0.4 is 5.43 Å². The van der Waals surface area contributed by atoms with Gasteiger partial charge in [-0.25, -0.2) is 5.01 Å². The minimum atomic E-state index is 1.14. The van der Waals surface area contributed by atoms with Gasteiger partial charge in [0.05, 0.1) is 0 Å². The highest BCUT2D eigenvalue weighted by molar-refractivity contribution is 4.59. The molecule has 0 spiro atoms. The summed E-state index contributed by atoms with van der Waals surface area (Å²) in [4.78, 5) is 0. The number of hydrogen-bond acceptors (Lipinski definition) is 2. The normalized spacial score (nSPS) is 18.2. The monoisotopic (exact) mass is 172 g/mol. The number of rotatable bonds is 3. The molecule has 0 atom stereocenters. The van der Waals surface area contributed by atoms with E-state index in [0.717, 1.165) is 6.54 Å². The zero-order chi connectivity index (χ0) is 9.23. The topological polar surface area (TPSA) is 15.3 Å². The Morgan fingerprint density at radius 1 is 1.08 bits per heavy atom. The van der Waals surface area contributed by atoms with E-state index >= 15 is 0 Å². The van der Waals surface area contributed by atoms with Crippen molar-refractivity contribution in [3.05, 3.63) is 0 Å². The number of nitrogens with zero attached hydrogens (tertiary/aromatic N) is 1. The second-order valence-corrected chi connectivity index (χ2v) is 2.96. The molecular formula is C10H24N2. The van der Waals surface area contributed by atoms with Crippen molar-refractivity contribution in [1.29, 1.82) is 0 Å². The van der Waals surface area contributed by atoms with Crippen molar-refractivity contribution in [3.8, 4) is 0 Å². The minimum absolute atomic E-state index is 1.14. The first-order valence-electron chi connectivity index (χ1n) is 5.42. The third-order valence-electron chi connectivity index (χ3n) is 1.94. The summed E-state index contributed by atoms with van der Waals surface area (Å²) in [6, 6.07) is 0. The lowest BCUT2D eigenvalue weighted by atomic mass is 10.2. The molecule has 0 radical (unpaired) electrons. The van der Waals surface area contributed by atoms with Crippen molar-refractivity contribution in [1.82, 2.24) is 10.4 Å². The van der Waals surface area contributed by atoms with E-state index < -0.39 is 0 Å². The van der Waals surface area contributed by atoms with Crippen LogP contribution in [0.1, 0.15) is 46.5 Å². The molecular weight excluding hydrogens is 148 g/mol. The van der Waals surface area contributed by atoms with Crippen molar-refractivity contribution >= 4 is 0 Å². The molecule has 12 heavy (non-hydrogen) atoms. The fourth-order valence-corrected chi connectivity index (χ4v) is 1.32. The Bertz CT molecular complexity index is 77.9. The zero-order valence-electron chi connectivity index (χ0n) is 8.90. The molecule has 0 aliphatic carbocycles. The molecule has 0 unspecified atom stereocenters. The summed E-state index contributed by atoms with van der Waals surface area (Å²) < 4.78 is 0. The summed E-state index contributed by atoms with van der Waals surface area (Å²) in [5.41, 5.74) is 3.40. The van der Waals surface area contributed by atoms with Crippen LogP contribution in [0.3, 0.4) is 0 Å². The van der Waals surface area contributed by atoms with Crippen LogP contribution in [-0.2, 0) is 0 Å². The first-order valence-corrected chi connectivity index (χ1v) is 5.42. The molecule has 74 valence electrons. The van der Waals surface area contributed by atoms with Gasteiger partial charge in [-0.1, -0.05) is 27.2 Å². The molecule has 0 aromatic rings. The summed E-state index contributed by atoms with van der Waals surface area (Å²) in [5, 5.41) is 2.35. The van der Waals surface area contributed by atoms with E-state index in [1.54, 1.807) is 0 Å². The first kappa shape index (κ1) is 11.9. The van der Waals surface area contributed by atoms with Crippen molar-refractivity contribution < 1.29 is 0 Å². The van der Waals surface area contributed by atoms with Crippen LogP contribution in [0, 0.1) is 0 Å². The Morgan fingerprint density at radius 2 is 1.67 bits per heavy atom. The molecule has 1 rings (SSSR count). The number of hydrogen-bond donors (Lipinski definition) is 1. The number of piperidine rings is 1. The average Bonchev–Trinajstić information content (AvgIpc) is 2.19. The van der Waals surface area contributed by atoms with Crippen LogP contribution in [0.5, 0.6) is 0 Å². The van der Waals surface area contributed by atoms with E-state index in [1.807, 2.05) is 13.8 Å². The maximum absolute atomic E-state index is 3.40. The lowest BCUT2D eigenvalue weighted by molar-refractivity contribution is 0.155. The molecule has 0 aromatic carbocycles. The van der Waals surface area contributed by atoms with Crippen LogP contribution in [-0.4, -0.2) is 24.6 Å². The Labute approximate surface area is 77.3 Å². The minimum Gasteiger partial charge on any atom is -0.255 e. The van der Waals surface area contributed by atoms with E-state index in [2.05, 4.69) is 17.4 Å². The van der Waals surface area contributed by atoms with Gasteiger partial charge in [0.2, 0.25) is 0 Å². The third kappa shape index (κ3) is 5.56. The molecule has 1 heterocycles. The largest absolute Gasteiger partial charge is 0.255 e. The van der Waals surface area contributed by atoms with Gasteiger partial charge >= 0.3 is 0 Å². The summed E-state index contributed by atoms with van der Waals surface area (Å²) in [6.07, 6.45) is 5.40. The molecule has 2 nitrogen and oxygen atoms in total. The van der Waals surface area contributed by atoms with E-state index in [1.165, 1.54) is 38.8 Å². The highest BCUT2D eigenvalue weighted by Crippen LogP contribution is 2.05. The van der Waals surface area contributed by atoms with E-state index in [0.29, 0.717) is 0 Å². The van der Waals surface area contributed by atoms with Crippen molar-refractivity contribution in [3.63, 3.8) is 0 Å². The Kier molecular flexibility index (Phi) is 8.95. The molecule has 1 aliphatic heterocycles. The Morgan fingerprint density at radius 3 is 2.17 bits per heavy atom. The average molecular weight is 172 g/mol. The van der Waals surface area contributed by atoms with Crippen molar-refractivity contribution in [2.75, 3.05) is 19.6 Å². The highest BCUT2D eigenvalue weighted by atomic mass is 15.5. The van der Waals surface area contributed by atoms with Gasteiger partial charge in [-0.05, 0) is 19.3 Å². The molecule has 1 saturated heterocycles. The van der Waals surface area contributed by atoms with Crippen LogP contribution >= 0.6 is 0 Å². The molecule has 0 bridgehead atoms. The SMILES string of the molecule is CC.CCCNN1CCCCC1. The maximum atomic E-state index is 3.40. The molecule has 0 amide bonds. The first-order chi connectivity index (χ1) is 5.93. The highest BCUT2D eigenvalue weighted by Gasteiger charge is 2.07. The van der Waals surface area contributed by atoms with Gasteiger partial charge in [0.1, 0.15) is 0 Å². The van der Waals surface area contributed by atoms with Gasteiger partial charge in [0.15, 0.2) is 0 Å². The standard InChI is InChI=1S/C8H18N2.C2H6/c1-2-6-9-10-7-4-3-5-8-10;1-2/h9H,2-8H2,1H3;1-2H3. The predicted molar refractivity (Wildman–Crippen MR) is 55.1 cm³/mol. The van der Waals surface area contributed by atoms with E-state index in [-0.39, 0.29) is 0 Å². The number of hydrazine groups is 1. The van der Waals surface area contributed by atoms with Crippen LogP contribution in [0.15, 0.2) is 0 Å². The fourth-order valence-electron chi connectivity index (χ4n) is 1.32. The summed E-state index contributed by atoms with van der Waals surface area (Å²) in [7, 11) is 0. The maximum Gasteiger partial charge on any atom is 0.0131 e. The summed E-state index contributed by atoms with van der Waals surface area (Å²) in [5.74, 6) is 0. The molecule has 1 N–H and O–H groups in total. The smallest absolute Gasteiger partial charge is 0.0131 e. The van der Waals surface area contributed by atoms with Gasteiger partial charge in [-0.2, -0.15) is 0 Å². The molecule has 1 aliphatic rings. The Balaban J connectivity index is 0.000000561. The molecule has 0 saturated carbocycles. The Hall–Kier alpha value is -0.0800. The van der Waals surface area contributed by atoms with Gasteiger partial charge in [-0.15, -0.1) is 0 Å². The molecule has 0 aromatic heterocycles. The third-order valence-corrected chi connectivity index (χ3v) is 1.94. The second kappa shape index (κ2) is 9.01. The summed E-state index contributed by atoms with van der Waals surface area (Å²) in [6.45, 7) is 9.84. The van der Waals surface area contributed by atoms with Crippen LogP contribution in [0.25, 0.3) is 0 Å². The van der Waals surface area contributed by atoms with Gasteiger partial charge in [0.25, 0.3) is 0 Å². The van der Waals surface area contributed by atoms with Crippen LogP contribution in [0.2, 0.25) is 0 Å². The molecule has 1 fully saturated rings. The second-order valence-electron chi connectivity index (χ2n) is 2.96. The molecule has 2 heteroatoms. The zero-order valence-corrected chi connectivity index (χ0v) is 8.90. The number of nitrogens with one attached hydrogen (secondary N) is 1. The van der Waals surface area contributed by atoms with Crippen molar-refractivity contribution in [2.24, 2.45) is 0 Å². The lowest BCUT2D eigenvalue weighted by Crippen LogP contribution is -2.41. The van der Waals surface area contributed by atoms with Gasteiger partial charge < -0.3 is 0 Å². The quantitative estimate of drug-likeness (QED) is 0.703. The van der Waals surface area contributed by atoms with Gasteiger partial charge in [-0.3, -0.25) is 5.43 Å². The summed E-state index contributed by atoms with van der Waals surface area (Å²) >= 11 is 0. The van der Waals surface area contributed by atoms with Gasteiger partial charge in [0, 0.05) is 19.6 Å². The van der Waals surface area contributed by atoms with E-state index in [4.69, 9.17) is 0 Å². The lowest BCUT2D eigenvalue weighted by Gasteiger charge is -2.26.